The summed E-state index contributed by atoms with van der Waals surface area (Å²) in [6, 6.07) is 7.44. The number of halogens is 1. The lowest BCUT2D eigenvalue weighted by molar-refractivity contribution is -0.302. The van der Waals surface area contributed by atoms with Crippen molar-refractivity contribution < 1.29 is 30.0 Å². The molecule has 2 heterocycles. The topological polar surface area (TPSA) is 135 Å². The Kier molecular flexibility index (Phi) is 4.65. The van der Waals surface area contributed by atoms with Gasteiger partial charge in [0.05, 0.1) is 12.3 Å². The van der Waals surface area contributed by atoms with Gasteiger partial charge in [-0.25, -0.2) is 0 Å². The van der Waals surface area contributed by atoms with Gasteiger partial charge >= 0.3 is 0 Å². The van der Waals surface area contributed by atoms with Gasteiger partial charge in [0, 0.05) is 12.4 Å². The second-order valence-corrected chi connectivity index (χ2v) is 7.47. The van der Waals surface area contributed by atoms with Crippen LogP contribution in [0, 0.1) is 0 Å². The molecule has 1 aliphatic rings. The van der Waals surface area contributed by atoms with E-state index >= 15 is 0 Å². The normalized spacial score (nSPS) is 35.7. The number of aromatic amines is 1. The van der Waals surface area contributed by atoms with Crippen LogP contribution in [0.25, 0.3) is 10.9 Å². The summed E-state index contributed by atoms with van der Waals surface area (Å²) in [6.07, 6.45) is -3.39. The molecule has 0 unspecified atom stereocenters. The van der Waals surface area contributed by atoms with E-state index in [1.54, 1.807) is 18.2 Å². The van der Waals surface area contributed by atoms with E-state index in [2.05, 4.69) is 26.2 Å². The van der Waals surface area contributed by atoms with Crippen molar-refractivity contribution in [3.63, 3.8) is 0 Å². The maximum absolute atomic E-state index is 11.5. The van der Waals surface area contributed by atoms with Crippen LogP contribution < -0.4 is 5.32 Å². The van der Waals surface area contributed by atoms with Crippen molar-refractivity contribution >= 4 is 32.7 Å². The molecule has 1 aromatic heterocycles. The van der Waals surface area contributed by atoms with Gasteiger partial charge in [-0.15, -0.1) is 0 Å². The van der Waals surface area contributed by atoms with E-state index in [0.717, 1.165) is 5.39 Å². The van der Waals surface area contributed by atoms with Crippen LogP contribution in [0.3, 0.4) is 0 Å². The molecule has 3 rings (SSSR count). The third-order valence-electron chi connectivity index (χ3n) is 4.44. The quantitative estimate of drug-likeness (QED) is 0.380. The largest absolute Gasteiger partial charge is 0.392 e. The molecule has 8 nitrogen and oxygen atoms in total. The molecule has 0 aliphatic carbocycles. The van der Waals surface area contributed by atoms with Gasteiger partial charge in [-0.1, -0.05) is 18.2 Å². The summed E-state index contributed by atoms with van der Waals surface area (Å²) in [7, 11) is 0. The number of aliphatic hydroxyl groups excluding tert-OH is 3. The maximum Gasteiger partial charge on any atom is 0.217 e. The van der Waals surface area contributed by atoms with Crippen molar-refractivity contribution in [3.8, 4) is 0 Å². The van der Waals surface area contributed by atoms with E-state index in [1.807, 2.05) is 12.1 Å². The summed E-state index contributed by atoms with van der Waals surface area (Å²) in [5, 5.41) is 45.2. The molecule has 1 aromatic carbocycles. The highest BCUT2D eigenvalue weighted by atomic mass is 79.9. The van der Waals surface area contributed by atoms with Crippen molar-refractivity contribution in [2.75, 3.05) is 6.61 Å². The summed E-state index contributed by atoms with van der Waals surface area (Å²) < 4.78 is 3.41. The number of hydrogen-bond donors (Lipinski definition) is 6. The molecule has 1 amide bonds. The number of aliphatic hydroxyl groups is 4. The van der Waals surface area contributed by atoms with Crippen LogP contribution in [0.1, 0.15) is 12.6 Å². The fourth-order valence-electron chi connectivity index (χ4n) is 3.18. The highest BCUT2D eigenvalue weighted by Gasteiger charge is 2.62. The minimum Gasteiger partial charge on any atom is -0.392 e. The Hall–Kier alpha value is -1.49. The molecular weight excluding hydrogens is 396 g/mol. The summed E-state index contributed by atoms with van der Waals surface area (Å²) in [6.45, 7) is 0.493. The molecule has 0 bridgehead atoms. The lowest BCUT2D eigenvalue weighted by atomic mass is 9.79. The standard InChI is InChI=1S/C16H19BrN2O6/c1-8(21)18-12-13(22)25-15(17,7-20)14(23)16(12,24)11-6-9-4-2-3-5-10(9)19-11/h2-6,12-14,19-20,22-24H,7H2,1H3,(H,18,21)/t12-,13+,14+,15+,16+/m0/s1. The van der Waals surface area contributed by atoms with E-state index in [4.69, 9.17) is 4.74 Å². The minimum atomic E-state index is -2.16. The number of carbonyl (C=O) groups is 1. The van der Waals surface area contributed by atoms with Crippen molar-refractivity contribution in [2.24, 2.45) is 0 Å². The lowest BCUT2D eigenvalue weighted by Crippen LogP contribution is -2.72. The number of alkyl halides is 1. The number of carbonyl (C=O) groups excluding carboxylic acids is 1. The average Bonchev–Trinajstić information content (AvgIpc) is 3.01. The fourth-order valence-corrected chi connectivity index (χ4v) is 3.72. The van der Waals surface area contributed by atoms with Crippen molar-refractivity contribution in [1.82, 2.24) is 10.3 Å². The zero-order chi connectivity index (χ0) is 18.4. The first-order chi connectivity index (χ1) is 11.7. The highest BCUT2D eigenvalue weighted by molar-refractivity contribution is 9.10. The molecule has 1 fully saturated rings. The molecule has 6 N–H and O–H groups in total. The first-order valence-electron chi connectivity index (χ1n) is 7.64. The van der Waals surface area contributed by atoms with Gasteiger partial charge in [-0.3, -0.25) is 4.79 Å². The van der Waals surface area contributed by atoms with Gasteiger partial charge in [0.1, 0.15) is 12.1 Å². The monoisotopic (exact) mass is 414 g/mol. The molecule has 0 spiro atoms. The SMILES string of the molecule is CC(=O)N[C@H]1[C@H](O)O[C@](Br)(CO)[C@@H](O)[C@@]1(O)c1cc2ccccc2[nH]1. The number of hydrogen-bond acceptors (Lipinski definition) is 6. The second-order valence-electron chi connectivity index (χ2n) is 6.13. The number of amides is 1. The number of nitrogens with one attached hydrogen (secondary N) is 2. The number of H-pyrrole nitrogens is 1. The number of fused-ring (bicyclic) bond motifs is 1. The molecule has 9 heteroatoms. The predicted octanol–water partition coefficient (Wildman–Crippen LogP) is -0.347. The first-order valence-corrected chi connectivity index (χ1v) is 8.43. The molecule has 2 aromatic rings. The average molecular weight is 415 g/mol. The van der Waals surface area contributed by atoms with Gasteiger partial charge in [0.25, 0.3) is 0 Å². The first kappa shape index (κ1) is 18.3. The van der Waals surface area contributed by atoms with E-state index < -0.39 is 41.1 Å². The number of ether oxygens (including phenoxy) is 1. The van der Waals surface area contributed by atoms with Crippen LogP contribution in [0.15, 0.2) is 30.3 Å². The lowest BCUT2D eigenvalue weighted by Gasteiger charge is -2.51. The number of aromatic nitrogens is 1. The van der Waals surface area contributed by atoms with Gasteiger partial charge in [-0.05, 0) is 33.4 Å². The zero-order valence-electron chi connectivity index (χ0n) is 13.3. The molecule has 25 heavy (non-hydrogen) atoms. The smallest absolute Gasteiger partial charge is 0.217 e. The molecular formula is C16H19BrN2O6. The third kappa shape index (κ3) is 2.86. The van der Waals surface area contributed by atoms with E-state index in [0.29, 0.717) is 5.52 Å². The van der Waals surface area contributed by atoms with Crippen LogP contribution in [0.4, 0.5) is 0 Å². The highest BCUT2D eigenvalue weighted by Crippen LogP contribution is 2.45. The van der Waals surface area contributed by atoms with Crippen LogP contribution in [0.2, 0.25) is 0 Å². The molecule has 1 aliphatic heterocycles. The van der Waals surface area contributed by atoms with Crippen LogP contribution in [-0.4, -0.2) is 60.9 Å². The van der Waals surface area contributed by atoms with Gasteiger partial charge in [0.2, 0.25) is 5.91 Å². The summed E-state index contributed by atoms with van der Waals surface area (Å²) >= 11 is 3.04. The summed E-state index contributed by atoms with van der Waals surface area (Å²) in [5.74, 6) is -0.527. The van der Waals surface area contributed by atoms with Crippen molar-refractivity contribution in [2.45, 2.75) is 35.5 Å². The van der Waals surface area contributed by atoms with E-state index in [9.17, 15) is 25.2 Å². The number of para-hydroxylation sites is 1. The molecule has 0 radical (unpaired) electrons. The molecule has 136 valence electrons. The molecule has 5 atom stereocenters. The van der Waals surface area contributed by atoms with Crippen LogP contribution >= 0.6 is 15.9 Å². The maximum atomic E-state index is 11.5. The molecule has 0 saturated carbocycles. The van der Waals surface area contributed by atoms with Gasteiger partial charge in [-0.2, -0.15) is 0 Å². The Morgan fingerprint density at radius 3 is 2.68 bits per heavy atom. The van der Waals surface area contributed by atoms with Crippen LogP contribution in [-0.2, 0) is 15.1 Å². The van der Waals surface area contributed by atoms with Gasteiger partial charge < -0.3 is 35.5 Å². The third-order valence-corrected chi connectivity index (χ3v) is 5.31. The van der Waals surface area contributed by atoms with Crippen molar-refractivity contribution in [3.05, 3.63) is 36.0 Å². The Labute approximate surface area is 151 Å². The van der Waals surface area contributed by atoms with E-state index in [1.165, 1.54) is 6.92 Å². The zero-order valence-corrected chi connectivity index (χ0v) is 14.9. The predicted molar refractivity (Wildman–Crippen MR) is 91.6 cm³/mol. The number of benzene rings is 1. The summed E-state index contributed by atoms with van der Waals surface area (Å²) in [4.78, 5) is 14.5. The number of rotatable bonds is 3. The van der Waals surface area contributed by atoms with E-state index in [-0.39, 0.29) is 5.69 Å². The minimum absolute atomic E-state index is 0.166. The fraction of sp³-hybridized carbons (Fsp3) is 0.438. The Morgan fingerprint density at radius 2 is 2.08 bits per heavy atom. The Bertz CT molecular complexity index is 765. The Balaban J connectivity index is 2.17. The van der Waals surface area contributed by atoms with Crippen molar-refractivity contribution in [1.29, 1.82) is 0 Å². The summed E-state index contributed by atoms with van der Waals surface area (Å²) in [5.41, 5.74) is -1.29. The Morgan fingerprint density at radius 1 is 1.40 bits per heavy atom. The van der Waals surface area contributed by atoms with Gasteiger partial charge in [0.15, 0.2) is 16.4 Å². The van der Waals surface area contributed by atoms with Crippen LogP contribution in [0.5, 0.6) is 0 Å². The second kappa shape index (κ2) is 6.35. The molecule has 1 saturated heterocycles.